The van der Waals surface area contributed by atoms with Gasteiger partial charge in [-0.2, -0.15) is 0 Å². The number of para-hydroxylation sites is 1. The van der Waals surface area contributed by atoms with Gasteiger partial charge in [0.05, 0.1) is 22.4 Å². The number of nitrogens with zero attached hydrogens (tertiary/aromatic N) is 1. The van der Waals surface area contributed by atoms with Crippen LogP contribution in [-0.4, -0.2) is 23.5 Å². The average Bonchev–Trinajstić information content (AvgIpc) is 3.76. The van der Waals surface area contributed by atoms with E-state index in [1.54, 1.807) is 12.1 Å². The minimum atomic E-state index is -0.942. The van der Waals surface area contributed by atoms with E-state index in [2.05, 4.69) is 47.5 Å². The predicted molar refractivity (Wildman–Crippen MR) is 131 cm³/mol. The number of anilines is 1. The molecule has 6 rings (SSSR count). The second-order valence-electron chi connectivity index (χ2n) is 10.2. The van der Waals surface area contributed by atoms with Crippen molar-refractivity contribution in [1.82, 2.24) is 5.32 Å². The van der Waals surface area contributed by atoms with Gasteiger partial charge in [0.25, 0.3) is 5.91 Å². The van der Waals surface area contributed by atoms with Crippen molar-refractivity contribution >= 4 is 17.6 Å². The molecule has 0 bridgehead atoms. The number of carbonyl (C=O) groups is 2. The van der Waals surface area contributed by atoms with Crippen LogP contribution in [0.15, 0.2) is 66.7 Å². The number of hydrogen-bond donors (Lipinski definition) is 2. The van der Waals surface area contributed by atoms with E-state index in [-0.39, 0.29) is 16.9 Å². The number of hydrogen-bond acceptors (Lipinski definition) is 3. The summed E-state index contributed by atoms with van der Waals surface area (Å²) in [6, 6.07) is 21.7. The van der Waals surface area contributed by atoms with Crippen LogP contribution in [0.5, 0.6) is 0 Å². The van der Waals surface area contributed by atoms with Gasteiger partial charge in [-0.1, -0.05) is 54.1 Å². The zero-order valence-electron chi connectivity index (χ0n) is 19.3. The first-order valence-corrected chi connectivity index (χ1v) is 12.0. The van der Waals surface area contributed by atoms with Crippen molar-refractivity contribution in [1.29, 1.82) is 0 Å². The Labute approximate surface area is 199 Å². The Kier molecular flexibility index (Phi) is 4.60. The highest BCUT2D eigenvalue weighted by atomic mass is 16.4. The smallest absolute Gasteiger partial charge is 0.335 e. The van der Waals surface area contributed by atoms with Crippen molar-refractivity contribution in [2.24, 2.45) is 0 Å². The normalized spacial score (nSPS) is 18.4. The lowest BCUT2D eigenvalue weighted by Gasteiger charge is -2.24. The third-order valence-electron chi connectivity index (χ3n) is 7.80. The molecule has 3 aliphatic rings. The average molecular weight is 453 g/mol. The number of aromatic carboxylic acids is 1. The van der Waals surface area contributed by atoms with E-state index in [1.165, 1.54) is 29.5 Å². The van der Waals surface area contributed by atoms with Gasteiger partial charge in [-0.05, 0) is 67.5 Å². The van der Waals surface area contributed by atoms with E-state index in [4.69, 9.17) is 0 Å². The largest absolute Gasteiger partial charge is 0.478 e. The fraction of sp³-hybridized carbons (Fsp3) is 0.310. The molecule has 2 aliphatic carbocycles. The summed E-state index contributed by atoms with van der Waals surface area (Å²) in [4.78, 5) is 27.3. The van der Waals surface area contributed by atoms with Crippen LogP contribution >= 0.6 is 0 Å². The molecule has 1 aliphatic heterocycles. The van der Waals surface area contributed by atoms with Gasteiger partial charge in [0.1, 0.15) is 0 Å². The fourth-order valence-corrected chi connectivity index (χ4v) is 5.48. The van der Waals surface area contributed by atoms with E-state index in [1.807, 2.05) is 24.3 Å². The molecule has 5 heteroatoms. The van der Waals surface area contributed by atoms with Gasteiger partial charge in [0.15, 0.2) is 0 Å². The Bertz CT molecular complexity index is 1290. The summed E-state index contributed by atoms with van der Waals surface area (Å²) in [5.74, 6) is -0.994. The lowest BCUT2D eigenvalue weighted by molar-refractivity contribution is 0.0696. The van der Waals surface area contributed by atoms with Crippen molar-refractivity contribution in [3.05, 3.63) is 100 Å². The number of carboxylic acid groups (broad SMARTS) is 1. The molecule has 3 aromatic rings. The van der Waals surface area contributed by atoms with Crippen LogP contribution in [0.4, 0.5) is 5.69 Å². The summed E-state index contributed by atoms with van der Waals surface area (Å²) >= 11 is 0. The first-order valence-electron chi connectivity index (χ1n) is 12.0. The Morgan fingerprint density at radius 3 is 2.26 bits per heavy atom. The van der Waals surface area contributed by atoms with Crippen LogP contribution in [-0.2, 0) is 17.5 Å². The van der Waals surface area contributed by atoms with Gasteiger partial charge in [0.2, 0.25) is 0 Å². The van der Waals surface area contributed by atoms with Crippen LogP contribution in [0.3, 0.4) is 0 Å². The van der Waals surface area contributed by atoms with Crippen LogP contribution in [0.2, 0.25) is 0 Å². The zero-order chi connectivity index (χ0) is 23.5. The Morgan fingerprint density at radius 1 is 0.941 bits per heavy atom. The third-order valence-corrected chi connectivity index (χ3v) is 7.80. The molecule has 3 aromatic carbocycles. The summed E-state index contributed by atoms with van der Waals surface area (Å²) in [5, 5.41) is 12.5. The molecule has 34 heavy (non-hydrogen) atoms. The van der Waals surface area contributed by atoms with E-state index in [0.717, 1.165) is 42.7 Å². The Hall–Kier alpha value is -3.60. The van der Waals surface area contributed by atoms with Gasteiger partial charge in [-0.15, -0.1) is 0 Å². The van der Waals surface area contributed by atoms with Gasteiger partial charge < -0.3 is 15.3 Å². The van der Waals surface area contributed by atoms with Crippen LogP contribution in [0.1, 0.15) is 68.7 Å². The topological polar surface area (TPSA) is 69.6 Å². The van der Waals surface area contributed by atoms with Crippen LogP contribution in [0, 0.1) is 6.92 Å². The standard InChI is InChI=1S/C29H28N2O3/c1-19-5-7-20(8-6-19)17-31-18-28(13-14-28)24-4-2-3-23(25(24)31)26(32)30-29(15-16-29)22-11-9-21(10-12-22)27(33)34/h2-12H,13-18H2,1H3,(H,30,32)(H,33,34). The maximum absolute atomic E-state index is 13.7. The highest BCUT2D eigenvalue weighted by Crippen LogP contribution is 2.57. The van der Waals surface area contributed by atoms with E-state index in [0.29, 0.717) is 0 Å². The SMILES string of the molecule is Cc1ccc(CN2CC3(CC3)c3cccc(C(=O)NC4(c5ccc(C(=O)O)cc5)CC4)c32)cc1. The molecule has 172 valence electrons. The minimum Gasteiger partial charge on any atom is -0.478 e. The second kappa shape index (κ2) is 7.45. The number of carbonyl (C=O) groups excluding carboxylic acids is 1. The monoisotopic (exact) mass is 452 g/mol. The molecular weight excluding hydrogens is 424 g/mol. The Morgan fingerprint density at radius 2 is 1.65 bits per heavy atom. The van der Waals surface area contributed by atoms with Gasteiger partial charge in [-0.25, -0.2) is 4.79 Å². The predicted octanol–water partition coefficient (Wildman–Crippen LogP) is 5.16. The first kappa shape index (κ1) is 21.0. The molecule has 0 saturated heterocycles. The quantitative estimate of drug-likeness (QED) is 0.542. The summed E-state index contributed by atoms with van der Waals surface area (Å²) in [6.45, 7) is 3.85. The lowest BCUT2D eigenvalue weighted by Crippen LogP contribution is -2.36. The number of carboxylic acids is 1. The van der Waals surface area contributed by atoms with Gasteiger partial charge >= 0.3 is 5.97 Å². The molecule has 0 aromatic heterocycles. The number of nitrogens with one attached hydrogen (secondary N) is 1. The van der Waals surface area contributed by atoms with Crippen LogP contribution in [0.25, 0.3) is 0 Å². The zero-order valence-corrected chi connectivity index (χ0v) is 19.3. The van der Waals surface area contributed by atoms with Crippen molar-refractivity contribution in [2.75, 3.05) is 11.4 Å². The van der Waals surface area contributed by atoms with Crippen molar-refractivity contribution < 1.29 is 14.7 Å². The minimum absolute atomic E-state index is 0.0525. The second-order valence-corrected chi connectivity index (χ2v) is 10.2. The molecular formula is C29H28N2O3. The van der Waals surface area contributed by atoms with E-state index in [9.17, 15) is 14.7 Å². The molecule has 2 N–H and O–H groups in total. The molecule has 0 unspecified atom stereocenters. The summed E-state index contributed by atoms with van der Waals surface area (Å²) in [5.41, 5.74) is 6.63. The molecule has 2 saturated carbocycles. The number of amides is 1. The maximum atomic E-state index is 13.7. The summed E-state index contributed by atoms with van der Waals surface area (Å²) < 4.78 is 0. The van der Waals surface area contributed by atoms with Crippen molar-refractivity contribution in [3.63, 3.8) is 0 Å². The van der Waals surface area contributed by atoms with E-state index >= 15 is 0 Å². The highest BCUT2D eigenvalue weighted by molar-refractivity contribution is 6.02. The van der Waals surface area contributed by atoms with Gasteiger partial charge in [0, 0.05) is 18.5 Å². The highest BCUT2D eigenvalue weighted by Gasteiger charge is 2.53. The summed E-state index contributed by atoms with van der Waals surface area (Å²) in [6.07, 6.45) is 4.07. The number of aryl methyl sites for hydroxylation is 1. The molecule has 1 amide bonds. The number of fused-ring (bicyclic) bond motifs is 2. The molecule has 1 spiro atoms. The maximum Gasteiger partial charge on any atom is 0.335 e. The van der Waals surface area contributed by atoms with E-state index < -0.39 is 11.5 Å². The van der Waals surface area contributed by atoms with Gasteiger partial charge in [-0.3, -0.25) is 4.79 Å². The molecule has 1 heterocycles. The lowest BCUT2D eigenvalue weighted by atomic mass is 9.96. The first-order chi connectivity index (χ1) is 16.4. The summed E-state index contributed by atoms with van der Waals surface area (Å²) in [7, 11) is 0. The van der Waals surface area contributed by atoms with Crippen molar-refractivity contribution in [2.45, 2.75) is 50.1 Å². The number of benzene rings is 3. The Balaban J connectivity index is 1.30. The molecule has 0 radical (unpaired) electrons. The molecule has 0 atom stereocenters. The third kappa shape index (κ3) is 3.47. The fourth-order valence-electron chi connectivity index (χ4n) is 5.48. The van der Waals surface area contributed by atoms with Crippen LogP contribution < -0.4 is 10.2 Å². The molecule has 2 fully saturated rings. The number of rotatable bonds is 6. The molecule has 5 nitrogen and oxygen atoms in total. The van der Waals surface area contributed by atoms with Crippen molar-refractivity contribution in [3.8, 4) is 0 Å².